The molecule has 9 heteroatoms. The van der Waals surface area contributed by atoms with Crippen LogP contribution in [0.1, 0.15) is 0 Å². The zero-order valence-electron chi connectivity index (χ0n) is 16.5. The van der Waals surface area contributed by atoms with Crippen LogP contribution in [0.3, 0.4) is 0 Å². The summed E-state index contributed by atoms with van der Waals surface area (Å²) < 4.78 is 32.0. The average Bonchev–Trinajstić information content (AvgIpc) is 2.72. The first-order valence-corrected chi connectivity index (χ1v) is 8.35. The molecule has 9 nitrogen and oxygen atoms in total. The summed E-state index contributed by atoms with van der Waals surface area (Å²) in [6.07, 6.45) is 0. The SMILES string of the molecule is COc1cc(-c2oc3cc(O)c(OC)c(O)c3c(=O)c2OC)cc(OC)c1OC. The summed E-state index contributed by atoms with van der Waals surface area (Å²) in [5.74, 6) is -0.247. The van der Waals surface area contributed by atoms with Crippen molar-refractivity contribution in [1.29, 1.82) is 0 Å². The van der Waals surface area contributed by atoms with Crippen molar-refractivity contribution >= 4 is 11.0 Å². The molecule has 0 unspecified atom stereocenters. The quantitative estimate of drug-likeness (QED) is 0.639. The highest BCUT2D eigenvalue weighted by molar-refractivity contribution is 5.91. The van der Waals surface area contributed by atoms with Gasteiger partial charge in [0.25, 0.3) is 0 Å². The predicted molar refractivity (Wildman–Crippen MR) is 104 cm³/mol. The Bertz CT molecular complexity index is 1110. The normalized spacial score (nSPS) is 10.7. The predicted octanol–water partition coefficient (Wildman–Crippen LogP) is 2.91. The molecule has 2 N–H and O–H groups in total. The van der Waals surface area contributed by atoms with Gasteiger partial charge >= 0.3 is 0 Å². The standard InChI is InChI=1S/C20H20O9/c1-24-12-6-9(7-13(25-2)19(12)27-4)17-20(28-5)16(23)14-11(29-17)8-10(21)18(26-3)15(14)22/h6-8,21-22H,1-5H3. The molecule has 0 aliphatic carbocycles. The number of hydrogen-bond acceptors (Lipinski definition) is 9. The van der Waals surface area contributed by atoms with E-state index in [1.165, 1.54) is 41.6 Å². The minimum Gasteiger partial charge on any atom is -0.504 e. The highest BCUT2D eigenvalue weighted by atomic mass is 16.5. The van der Waals surface area contributed by atoms with Gasteiger partial charge in [0.05, 0.1) is 35.5 Å². The third kappa shape index (κ3) is 3.10. The molecule has 0 radical (unpaired) electrons. The van der Waals surface area contributed by atoms with Gasteiger partial charge < -0.3 is 38.3 Å². The van der Waals surface area contributed by atoms with Gasteiger partial charge in [-0.1, -0.05) is 0 Å². The summed E-state index contributed by atoms with van der Waals surface area (Å²) >= 11 is 0. The van der Waals surface area contributed by atoms with Crippen LogP contribution in [0.2, 0.25) is 0 Å². The van der Waals surface area contributed by atoms with Crippen molar-refractivity contribution in [3.8, 4) is 51.6 Å². The second kappa shape index (κ2) is 7.70. The van der Waals surface area contributed by atoms with Crippen LogP contribution in [0, 0.1) is 0 Å². The Morgan fingerprint density at radius 2 is 1.31 bits per heavy atom. The van der Waals surface area contributed by atoms with E-state index >= 15 is 0 Å². The van der Waals surface area contributed by atoms with Gasteiger partial charge in [0.15, 0.2) is 28.8 Å². The van der Waals surface area contributed by atoms with E-state index in [9.17, 15) is 15.0 Å². The molecular weight excluding hydrogens is 384 g/mol. The molecule has 0 bridgehead atoms. The summed E-state index contributed by atoms with van der Waals surface area (Å²) in [5.41, 5.74) is -0.311. The lowest BCUT2D eigenvalue weighted by molar-refractivity contribution is 0.324. The Balaban J connectivity index is 2.41. The number of ether oxygens (including phenoxy) is 5. The number of hydrogen-bond donors (Lipinski definition) is 2. The maximum absolute atomic E-state index is 13.0. The summed E-state index contributed by atoms with van der Waals surface area (Å²) in [6, 6.07) is 4.34. The van der Waals surface area contributed by atoms with Gasteiger partial charge in [0, 0.05) is 11.6 Å². The van der Waals surface area contributed by atoms with Crippen LogP contribution < -0.4 is 29.1 Å². The molecular formula is C20H20O9. The van der Waals surface area contributed by atoms with E-state index in [0.29, 0.717) is 22.8 Å². The van der Waals surface area contributed by atoms with Crippen molar-refractivity contribution in [2.24, 2.45) is 0 Å². The summed E-state index contributed by atoms with van der Waals surface area (Å²) in [6.45, 7) is 0. The summed E-state index contributed by atoms with van der Waals surface area (Å²) in [4.78, 5) is 13.0. The van der Waals surface area contributed by atoms with Crippen LogP contribution in [0.5, 0.6) is 40.2 Å². The molecule has 2 aromatic carbocycles. The van der Waals surface area contributed by atoms with Crippen LogP contribution in [0.4, 0.5) is 0 Å². The zero-order chi connectivity index (χ0) is 21.3. The molecule has 3 aromatic rings. The number of benzene rings is 2. The minimum atomic E-state index is -0.645. The van der Waals surface area contributed by atoms with E-state index in [2.05, 4.69) is 0 Å². The van der Waals surface area contributed by atoms with E-state index in [-0.39, 0.29) is 34.0 Å². The van der Waals surface area contributed by atoms with Crippen LogP contribution in [0.25, 0.3) is 22.3 Å². The van der Waals surface area contributed by atoms with Crippen molar-refractivity contribution in [2.75, 3.05) is 35.5 Å². The van der Waals surface area contributed by atoms with Crippen LogP contribution in [-0.2, 0) is 0 Å². The molecule has 0 saturated heterocycles. The third-order valence-electron chi connectivity index (χ3n) is 4.39. The molecule has 29 heavy (non-hydrogen) atoms. The maximum Gasteiger partial charge on any atom is 0.239 e. The monoisotopic (exact) mass is 404 g/mol. The molecule has 0 spiro atoms. The van der Waals surface area contributed by atoms with Gasteiger partial charge in [0.2, 0.25) is 22.7 Å². The smallest absolute Gasteiger partial charge is 0.239 e. The minimum absolute atomic E-state index is 0.0493. The lowest BCUT2D eigenvalue weighted by Gasteiger charge is -2.16. The molecule has 0 aliphatic heterocycles. The summed E-state index contributed by atoms with van der Waals surface area (Å²) in [7, 11) is 6.93. The Morgan fingerprint density at radius 3 is 1.79 bits per heavy atom. The Morgan fingerprint density at radius 1 is 0.759 bits per heavy atom. The van der Waals surface area contributed by atoms with Crippen molar-refractivity contribution in [2.45, 2.75) is 0 Å². The fourth-order valence-electron chi connectivity index (χ4n) is 3.08. The van der Waals surface area contributed by atoms with Gasteiger partial charge in [-0.3, -0.25) is 4.79 Å². The van der Waals surface area contributed by atoms with Gasteiger partial charge in [-0.25, -0.2) is 0 Å². The van der Waals surface area contributed by atoms with Crippen molar-refractivity contribution < 1.29 is 38.3 Å². The van der Waals surface area contributed by atoms with Gasteiger partial charge in [-0.2, -0.15) is 0 Å². The second-order valence-corrected chi connectivity index (χ2v) is 5.86. The van der Waals surface area contributed by atoms with Gasteiger partial charge in [-0.15, -0.1) is 0 Å². The van der Waals surface area contributed by atoms with E-state index < -0.39 is 11.2 Å². The van der Waals surface area contributed by atoms with E-state index in [0.717, 1.165) is 0 Å². The zero-order valence-corrected chi connectivity index (χ0v) is 16.5. The number of fused-ring (bicyclic) bond motifs is 1. The summed E-state index contributed by atoms with van der Waals surface area (Å²) in [5, 5.41) is 20.2. The Labute approximate surface area is 165 Å². The number of methoxy groups -OCH3 is 5. The average molecular weight is 404 g/mol. The number of phenolic OH excluding ortho intramolecular Hbond substituents is 2. The third-order valence-corrected chi connectivity index (χ3v) is 4.39. The first kappa shape index (κ1) is 20.0. The molecule has 0 saturated carbocycles. The molecule has 0 aliphatic rings. The van der Waals surface area contributed by atoms with Crippen molar-refractivity contribution in [3.05, 3.63) is 28.4 Å². The van der Waals surface area contributed by atoms with Gasteiger partial charge in [0.1, 0.15) is 11.0 Å². The van der Waals surface area contributed by atoms with Crippen LogP contribution in [-0.4, -0.2) is 45.8 Å². The largest absolute Gasteiger partial charge is 0.504 e. The van der Waals surface area contributed by atoms with Crippen molar-refractivity contribution in [3.63, 3.8) is 0 Å². The topological polar surface area (TPSA) is 117 Å². The first-order chi connectivity index (χ1) is 13.9. The second-order valence-electron chi connectivity index (χ2n) is 5.86. The lowest BCUT2D eigenvalue weighted by atomic mass is 10.1. The fourth-order valence-corrected chi connectivity index (χ4v) is 3.08. The van der Waals surface area contributed by atoms with E-state index in [4.69, 9.17) is 28.1 Å². The van der Waals surface area contributed by atoms with Gasteiger partial charge in [-0.05, 0) is 12.1 Å². The molecule has 1 aromatic heterocycles. The molecule has 154 valence electrons. The van der Waals surface area contributed by atoms with E-state index in [1.54, 1.807) is 12.1 Å². The number of phenols is 2. The number of rotatable bonds is 6. The molecule has 0 fully saturated rings. The molecule has 0 atom stereocenters. The highest BCUT2D eigenvalue weighted by Gasteiger charge is 2.25. The maximum atomic E-state index is 13.0. The molecule has 0 amide bonds. The Hall–Kier alpha value is -3.75. The Kier molecular flexibility index (Phi) is 5.31. The lowest BCUT2D eigenvalue weighted by Crippen LogP contribution is -2.08. The molecule has 3 rings (SSSR count). The first-order valence-electron chi connectivity index (χ1n) is 8.35. The fraction of sp³-hybridized carbons (Fsp3) is 0.250. The van der Waals surface area contributed by atoms with E-state index in [1.807, 2.05) is 0 Å². The highest BCUT2D eigenvalue weighted by Crippen LogP contribution is 2.46. The number of aromatic hydroxyl groups is 2. The van der Waals surface area contributed by atoms with Crippen LogP contribution >= 0.6 is 0 Å². The van der Waals surface area contributed by atoms with Crippen molar-refractivity contribution in [1.82, 2.24) is 0 Å². The molecule has 1 heterocycles. The van der Waals surface area contributed by atoms with Crippen LogP contribution in [0.15, 0.2) is 27.4 Å².